The summed E-state index contributed by atoms with van der Waals surface area (Å²) in [6, 6.07) is 5.48. The quantitative estimate of drug-likeness (QED) is 0.212. The molecule has 0 atom stereocenters. The van der Waals surface area contributed by atoms with E-state index in [0.29, 0.717) is 0 Å². The first kappa shape index (κ1) is 15.9. The maximum Gasteiger partial charge on any atom is 2.00 e. The summed E-state index contributed by atoms with van der Waals surface area (Å²) in [4.78, 5) is 3.98. The van der Waals surface area contributed by atoms with Crippen molar-refractivity contribution in [3.05, 3.63) is 30.1 Å². The number of aromatic nitrogens is 1. The van der Waals surface area contributed by atoms with Gasteiger partial charge in [0, 0.05) is 6.20 Å². The van der Waals surface area contributed by atoms with Crippen LogP contribution in [0.2, 0.25) is 0 Å². The molecular formula is C7H7ClN4PdS. The summed E-state index contributed by atoms with van der Waals surface area (Å²) in [6.45, 7) is 0. The molecule has 0 aliphatic carbocycles. The molecule has 0 saturated heterocycles. The minimum absolute atomic E-state index is 0. The molecule has 0 aromatic carbocycles. The van der Waals surface area contributed by atoms with Crippen LogP contribution in [0, 0.1) is 0 Å². The largest absolute Gasteiger partial charge is 2.00 e. The molecule has 1 aromatic rings. The molecule has 0 radical (unpaired) electrons. The molecule has 0 aliphatic rings. The van der Waals surface area contributed by atoms with Crippen molar-refractivity contribution in [2.45, 2.75) is 0 Å². The van der Waals surface area contributed by atoms with Crippen LogP contribution in [-0.4, -0.2) is 16.4 Å². The number of rotatable bonds is 2. The Bertz CT molecular complexity index is 300. The average Bonchev–Trinajstić information content (AvgIpc) is 2.05. The fourth-order valence-electron chi connectivity index (χ4n) is 0.597. The third-order valence-corrected chi connectivity index (χ3v) is 1.12. The summed E-state index contributed by atoms with van der Waals surface area (Å²) in [5, 5.41) is 7.09. The second-order valence-electron chi connectivity index (χ2n) is 1.94. The van der Waals surface area contributed by atoms with Crippen LogP contribution in [0.1, 0.15) is 5.69 Å². The normalized spacial score (nSPS) is 10.4. The van der Waals surface area contributed by atoms with Crippen LogP contribution in [0.25, 0.3) is 0 Å². The molecule has 4 nitrogen and oxygen atoms in total. The van der Waals surface area contributed by atoms with Gasteiger partial charge in [0.15, 0.2) is 0 Å². The first-order chi connectivity index (χ1) is 5.79. The maximum absolute atomic E-state index is 5.09. The molecule has 1 aromatic heterocycles. The number of hydrogen-bond acceptors (Lipinski definition) is 4. The van der Waals surface area contributed by atoms with E-state index in [9.17, 15) is 0 Å². The number of nitrogens with two attached hydrogens (primary N) is 1. The predicted octanol–water partition coefficient (Wildman–Crippen LogP) is -2.72. The van der Waals surface area contributed by atoms with Gasteiger partial charge in [-0.2, -0.15) is 10.2 Å². The fourth-order valence-corrected chi connectivity index (χ4v) is 0.644. The van der Waals surface area contributed by atoms with Gasteiger partial charge in [-0.25, -0.2) is 0 Å². The smallest absolute Gasteiger partial charge is 1.00 e. The first-order valence-corrected chi connectivity index (χ1v) is 3.64. The van der Waals surface area contributed by atoms with Crippen molar-refractivity contribution >= 4 is 24.0 Å². The van der Waals surface area contributed by atoms with E-state index in [1.807, 2.05) is 12.1 Å². The van der Waals surface area contributed by atoms with Crippen LogP contribution in [0.3, 0.4) is 0 Å². The maximum atomic E-state index is 5.09. The zero-order chi connectivity index (χ0) is 8.81. The molecule has 0 saturated carbocycles. The van der Waals surface area contributed by atoms with Crippen LogP contribution in [-0.2, 0) is 33.1 Å². The molecule has 78 valence electrons. The molecule has 0 spiro atoms. The molecular weight excluding hydrogens is 314 g/mol. The Kier molecular flexibility index (Phi) is 10.3. The first-order valence-electron chi connectivity index (χ1n) is 3.23. The van der Waals surface area contributed by atoms with Gasteiger partial charge in [0.25, 0.3) is 0 Å². The van der Waals surface area contributed by atoms with Crippen molar-refractivity contribution in [2.24, 2.45) is 15.9 Å². The fraction of sp³-hybridized carbons (Fsp3) is 0. The van der Waals surface area contributed by atoms with E-state index in [1.54, 1.807) is 12.3 Å². The minimum atomic E-state index is 0. The van der Waals surface area contributed by atoms with Gasteiger partial charge in [-0.05, 0) is 17.3 Å². The summed E-state index contributed by atoms with van der Waals surface area (Å²) in [6.07, 6.45) is 3.15. The van der Waals surface area contributed by atoms with Crippen molar-refractivity contribution in [3.8, 4) is 0 Å². The van der Waals surface area contributed by atoms with Crippen LogP contribution < -0.4 is 18.1 Å². The summed E-state index contributed by atoms with van der Waals surface area (Å²) >= 11 is 4.49. The Morgan fingerprint density at radius 3 is 2.71 bits per heavy atom. The Balaban J connectivity index is 0. The SMILES string of the molecule is N/C([S-])=N/N=C/c1ccccn1.[Cl-].[Pd+2]. The van der Waals surface area contributed by atoms with Gasteiger partial charge in [-0.15, -0.1) is 0 Å². The topological polar surface area (TPSA) is 63.6 Å². The van der Waals surface area contributed by atoms with E-state index in [4.69, 9.17) is 5.73 Å². The molecule has 14 heavy (non-hydrogen) atoms. The third kappa shape index (κ3) is 6.92. The van der Waals surface area contributed by atoms with E-state index >= 15 is 0 Å². The third-order valence-electron chi connectivity index (χ3n) is 1.03. The van der Waals surface area contributed by atoms with E-state index in [2.05, 4.69) is 27.8 Å². The molecule has 0 aliphatic heterocycles. The Hall–Kier alpha value is -0.538. The van der Waals surface area contributed by atoms with Crippen molar-refractivity contribution in [3.63, 3.8) is 0 Å². The molecule has 0 unspecified atom stereocenters. The molecule has 0 fully saturated rings. The van der Waals surface area contributed by atoms with Crippen molar-refractivity contribution < 1.29 is 32.8 Å². The molecule has 7 heteroatoms. The Morgan fingerprint density at radius 2 is 2.21 bits per heavy atom. The summed E-state index contributed by atoms with van der Waals surface area (Å²) in [5.74, 6) is 0. The second-order valence-corrected chi connectivity index (χ2v) is 2.36. The Morgan fingerprint density at radius 1 is 1.50 bits per heavy atom. The second kappa shape index (κ2) is 9.03. The van der Waals surface area contributed by atoms with E-state index in [0.717, 1.165) is 5.69 Å². The molecule has 0 amide bonds. The van der Waals surface area contributed by atoms with Gasteiger partial charge < -0.3 is 30.8 Å². The van der Waals surface area contributed by atoms with Gasteiger partial charge in [0.1, 0.15) is 0 Å². The van der Waals surface area contributed by atoms with Crippen LogP contribution in [0.4, 0.5) is 0 Å². The van der Waals surface area contributed by atoms with Gasteiger partial charge in [-0.3, -0.25) is 4.98 Å². The van der Waals surface area contributed by atoms with E-state index in [1.165, 1.54) is 6.21 Å². The van der Waals surface area contributed by atoms with Crippen LogP contribution in [0.15, 0.2) is 34.6 Å². The summed E-state index contributed by atoms with van der Waals surface area (Å²) < 4.78 is 0. The standard InChI is InChI=1S/C7H8N4S.ClH.Pd/c8-7(12)11-10-5-6-3-1-2-4-9-6;;/h1-5H,(H3,8,11,12);1H;/q;;+2/p-2/b10-5+;;. The van der Waals surface area contributed by atoms with Crippen molar-refractivity contribution in [1.29, 1.82) is 0 Å². The zero-order valence-corrected chi connectivity index (χ0v) is 10.0. The molecule has 0 bridgehead atoms. The summed E-state index contributed by atoms with van der Waals surface area (Å²) in [7, 11) is 0. The average molecular weight is 321 g/mol. The van der Waals surface area contributed by atoms with Crippen molar-refractivity contribution in [1.82, 2.24) is 4.98 Å². The van der Waals surface area contributed by atoms with Crippen molar-refractivity contribution in [2.75, 3.05) is 0 Å². The van der Waals surface area contributed by atoms with E-state index < -0.39 is 0 Å². The number of nitrogens with zero attached hydrogens (tertiary/aromatic N) is 3. The molecule has 1 heterocycles. The van der Waals surface area contributed by atoms with Gasteiger partial charge in [0.05, 0.1) is 11.9 Å². The van der Waals surface area contributed by atoms with Gasteiger partial charge in [-0.1, -0.05) is 6.07 Å². The van der Waals surface area contributed by atoms with Crippen LogP contribution in [0.5, 0.6) is 0 Å². The molecule has 1 rings (SSSR count). The van der Waals surface area contributed by atoms with E-state index in [-0.39, 0.29) is 38.0 Å². The van der Waals surface area contributed by atoms with Crippen LogP contribution >= 0.6 is 0 Å². The number of hydrogen-bond donors (Lipinski definition) is 1. The number of pyridine rings is 1. The number of halogens is 1. The van der Waals surface area contributed by atoms with Gasteiger partial charge in [0.2, 0.25) is 0 Å². The number of amidine groups is 1. The predicted molar refractivity (Wildman–Crippen MR) is 50.8 cm³/mol. The Labute approximate surface area is 108 Å². The molecule has 2 N–H and O–H groups in total. The van der Waals surface area contributed by atoms with Gasteiger partial charge >= 0.3 is 20.4 Å². The minimum Gasteiger partial charge on any atom is -1.00 e. The zero-order valence-electron chi connectivity index (χ0n) is 6.91. The monoisotopic (exact) mass is 320 g/mol. The summed E-state index contributed by atoms with van der Waals surface area (Å²) in [5.41, 5.74) is 5.81.